The van der Waals surface area contributed by atoms with Gasteiger partial charge in [-0.1, -0.05) is 12.1 Å². The maximum atomic E-state index is 9.47. The second-order valence-electron chi connectivity index (χ2n) is 3.59. The van der Waals surface area contributed by atoms with Crippen LogP contribution in [0.25, 0.3) is 0 Å². The molecule has 0 fully saturated rings. The molecule has 2 aromatic rings. The number of nitrogens with zero attached hydrogens (tertiary/aromatic N) is 2. The van der Waals surface area contributed by atoms with Gasteiger partial charge in [0.1, 0.15) is 0 Å². The van der Waals surface area contributed by atoms with Crippen LogP contribution in [0.5, 0.6) is 11.5 Å². The van der Waals surface area contributed by atoms with Crippen LogP contribution >= 0.6 is 0 Å². The summed E-state index contributed by atoms with van der Waals surface area (Å²) < 4.78 is 7.22. The molecule has 0 unspecified atom stereocenters. The summed E-state index contributed by atoms with van der Waals surface area (Å²) in [5.41, 5.74) is 1.12. The summed E-state index contributed by atoms with van der Waals surface area (Å²) in [7, 11) is 1.88. The third-order valence-electron chi connectivity index (χ3n) is 2.27. The van der Waals surface area contributed by atoms with Crippen LogP contribution in [0.4, 0.5) is 0 Å². The van der Waals surface area contributed by atoms with Gasteiger partial charge in [-0.2, -0.15) is 5.10 Å². The molecule has 4 heteroatoms. The van der Waals surface area contributed by atoms with E-state index in [1.165, 1.54) is 0 Å². The van der Waals surface area contributed by atoms with Gasteiger partial charge in [0.05, 0.1) is 12.8 Å². The van der Waals surface area contributed by atoms with E-state index in [0.717, 1.165) is 12.0 Å². The number of hydrogen-bond acceptors (Lipinski definition) is 3. The summed E-state index contributed by atoms with van der Waals surface area (Å²) in [6.45, 7) is 0.531. The Morgan fingerprint density at radius 2 is 2.19 bits per heavy atom. The summed E-state index contributed by atoms with van der Waals surface area (Å²) in [5, 5.41) is 13.5. The van der Waals surface area contributed by atoms with Crippen LogP contribution in [0.2, 0.25) is 0 Å². The van der Waals surface area contributed by atoms with Gasteiger partial charge in [-0.3, -0.25) is 4.68 Å². The second-order valence-corrected chi connectivity index (χ2v) is 3.59. The summed E-state index contributed by atoms with van der Waals surface area (Å²) in [6, 6.07) is 6.96. The molecular weight excluding hydrogens is 204 g/mol. The first kappa shape index (κ1) is 10.5. The Bertz CT molecular complexity index is 466. The minimum Gasteiger partial charge on any atom is -0.504 e. The van der Waals surface area contributed by atoms with Crippen LogP contribution in [0.15, 0.2) is 36.7 Å². The molecule has 0 aliphatic heterocycles. The van der Waals surface area contributed by atoms with Gasteiger partial charge in [0, 0.05) is 19.7 Å². The number of aromatic nitrogens is 2. The Balaban J connectivity index is 1.87. The average molecular weight is 218 g/mol. The van der Waals surface area contributed by atoms with Crippen molar-refractivity contribution < 1.29 is 9.84 Å². The zero-order valence-corrected chi connectivity index (χ0v) is 9.13. The first-order chi connectivity index (χ1) is 7.75. The van der Waals surface area contributed by atoms with Crippen molar-refractivity contribution in [3.8, 4) is 11.5 Å². The van der Waals surface area contributed by atoms with E-state index >= 15 is 0 Å². The Hall–Kier alpha value is -1.97. The molecule has 1 aromatic carbocycles. The van der Waals surface area contributed by atoms with Gasteiger partial charge in [0.25, 0.3) is 0 Å². The lowest BCUT2D eigenvalue weighted by Gasteiger charge is -2.06. The smallest absolute Gasteiger partial charge is 0.160 e. The maximum absolute atomic E-state index is 9.47. The molecule has 1 aromatic heterocycles. The molecule has 1 heterocycles. The summed E-state index contributed by atoms with van der Waals surface area (Å²) >= 11 is 0. The van der Waals surface area contributed by atoms with Crippen LogP contribution in [0, 0.1) is 0 Å². The molecule has 2 rings (SSSR count). The minimum atomic E-state index is 0.175. The van der Waals surface area contributed by atoms with Gasteiger partial charge >= 0.3 is 0 Å². The van der Waals surface area contributed by atoms with Gasteiger partial charge in [-0.25, -0.2) is 0 Å². The molecule has 0 radical (unpaired) electrons. The van der Waals surface area contributed by atoms with Crippen molar-refractivity contribution in [2.24, 2.45) is 7.05 Å². The van der Waals surface area contributed by atoms with E-state index in [9.17, 15) is 5.11 Å². The standard InChI is InChI=1S/C12H14N2O2/c1-14-9-10(8-13-14)6-7-16-12-5-3-2-4-11(12)15/h2-5,8-9,15H,6-7H2,1H3. The first-order valence-corrected chi connectivity index (χ1v) is 5.14. The van der Waals surface area contributed by atoms with Crippen LogP contribution in [-0.4, -0.2) is 21.5 Å². The van der Waals surface area contributed by atoms with Gasteiger partial charge < -0.3 is 9.84 Å². The van der Waals surface area contributed by atoms with Crippen LogP contribution in [-0.2, 0) is 13.5 Å². The zero-order chi connectivity index (χ0) is 11.4. The molecule has 0 saturated carbocycles. The number of hydrogen-bond donors (Lipinski definition) is 1. The van der Waals surface area contributed by atoms with E-state index in [-0.39, 0.29) is 5.75 Å². The van der Waals surface area contributed by atoms with E-state index in [2.05, 4.69) is 5.10 Å². The predicted molar refractivity (Wildman–Crippen MR) is 60.5 cm³/mol. The molecule has 0 saturated heterocycles. The highest BCUT2D eigenvalue weighted by atomic mass is 16.5. The van der Waals surface area contributed by atoms with Crippen LogP contribution < -0.4 is 4.74 Å². The Morgan fingerprint density at radius 1 is 1.38 bits per heavy atom. The molecule has 0 aliphatic carbocycles. The van der Waals surface area contributed by atoms with Gasteiger partial charge in [-0.15, -0.1) is 0 Å². The lowest BCUT2D eigenvalue weighted by Crippen LogP contribution is -2.00. The van der Waals surface area contributed by atoms with Crippen molar-refractivity contribution in [3.05, 3.63) is 42.2 Å². The van der Waals surface area contributed by atoms with Crippen molar-refractivity contribution in [1.82, 2.24) is 9.78 Å². The van der Waals surface area contributed by atoms with E-state index < -0.39 is 0 Å². The minimum absolute atomic E-state index is 0.175. The van der Waals surface area contributed by atoms with Crippen molar-refractivity contribution in [2.75, 3.05) is 6.61 Å². The number of benzene rings is 1. The largest absolute Gasteiger partial charge is 0.504 e. The number of aromatic hydroxyl groups is 1. The zero-order valence-electron chi connectivity index (χ0n) is 9.13. The molecule has 84 valence electrons. The number of phenols is 1. The monoisotopic (exact) mass is 218 g/mol. The number of aryl methyl sites for hydroxylation is 1. The van der Waals surface area contributed by atoms with Gasteiger partial charge in [0.2, 0.25) is 0 Å². The summed E-state index contributed by atoms with van der Waals surface area (Å²) in [5.74, 6) is 0.695. The quantitative estimate of drug-likeness (QED) is 0.850. The van der Waals surface area contributed by atoms with Crippen molar-refractivity contribution in [3.63, 3.8) is 0 Å². The highest BCUT2D eigenvalue weighted by Crippen LogP contribution is 2.24. The van der Waals surface area contributed by atoms with Gasteiger partial charge in [0.15, 0.2) is 11.5 Å². The molecular formula is C12H14N2O2. The number of phenolic OH excluding ortho intramolecular Hbond substituents is 1. The maximum Gasteiger partial charge on any atom is 0.160 e. The third kappa shape index (κ3) is 2.53. The average Bonchev–Trinajstić information content (AvgIpc) is 2.67. The predicted octanol–water partition coefficient (Wildman–Crippen LogP) is 1.75. The molecule has 0 amide bonds. The highest BCUT2D eigenvalue weighted by molar-refractivity contribution is 5.37. The fraction of sp³-hybridized carbons (Fsp3) is 0.250. The Morgan fingerprint density at radius 3 is 2.88 bits per heavy atom. The number of para-hydroxylation sites is 2. The molecule has 0 aliphatic rings. The first-order valence-electron chi connectivity index (χ1n) is 5.14. The third-order valence-corrected chi connectivity index (χ3v) is 2.27. The lowest BCUT2D eigenvalue weighted by atomic mass is 10.3. The highest BCUT2D eigenvalue weighted by Gasteiger charge is 2.01. The molecule has 16 heavy (non-hydrogen) atoms. The molecule has 4 nitrogen and oxygen atoms in total. The lowest BCUT2D eigenvalue weighted by molar-refractivity contribution is 0.303. The van der Waals surface area contributed by atoms with Crippen molar-refractivity contribution in [2.45, 2.75) is 6.42 Å². The topological polar surface area (TPSA) is 47.3 Å². The van der Waals surface area contributed by atoms with E-state index in [4.69, 9.17) is 4.74 Å². The summed E-state index contributed by atoms with van der Waals surface area (Å²) in [6.07, 6.45) is 4.55. The second kappa shape index (κ2) is 4.70. The number of rotatable bonds is 4. The molecule has 0 bridgehead atoms. The fourth-order valence-corrected chi connectivity index (χ4v) is 1.46. The van der Waals surface area contributed by atoms with Crippen molar-refractivity contribution in [1.29, 1.82) is 0 Å². The normalized spacial score (nSPS) is 10.3. The molecule has 0 spiro atoms. The van der Waals surface area contributed by atoms with E-state index in [1.54, 1.807) is 22.9 Å². The molecule has 0 atom stereocenters. The Labute approximate surface area is 94.1 Å². The van der Waals surface area contributed by atoms with Crippen LogP contribution in [0.3, 0.4) is 0 Å². The van der Waals surface area contributed by atoms with Crippen molar-refractivity contribution >= 4 is 0 Å². The van der Waals surface area contributed by atoms with E-state index in [0.29, 0.717) is 12.4 Å². The van der Waals surface area contributed by atoms with E-state index in [1.807, 2.05) is 25.5 Å². The van der Waals surface area contributed by atoms with Gasteiger partial charge in [-0.05, 0) is 17.7 Å². The SMILES string of the molecule is Cn1cc(CCOc2ccccc2O)cn1. The number of ether oxygens (including phenoxy) is 1. The molecule has 1 N–H and O–H groups in total. The van der Waals surface area contributed by atoms with Crippen LogP contribution in [0.1, 0.15) is 5.56 Å². The Kier molecular flexibility index (Phi) is 3.10. The summed E-state index contributed by atoms with van der Waals surface area (Å²) in [4.78, 5) is 0. The fourth-order valence-electron chi connectivity index (χ4n) is 1.46.